The summed E-state index contributed by atoms with van der Waals surface area (Å²) in [5.74, 6) is 0. The van der Waals surface area contributed by atoms with Gasteiger partial charge >= 0.3 is 0 Å². The Morgan fingerprint density at radius 3 is 3.00 bits per heavy atom. The minimum atomic E-state index is 0.586. The van der Waals surface area contributed by atoms with Gasteiger partial charge in [0.2, 0.25) is 0 Å². The van der Waals surface area contributed by atoms with E-state index >= 15 is 0 Å². The number of halogens is 2. The Bertz CT molecular complexity index is 470. The number of nitrogen functional groups attached to an aromatic ring is 1. The molecule has 0 aliphatic rings. The summed E-state index contributed by atoms with van der Waals surface area (Å²) in [5, 5.41) is 1.56. The molecule has 0 atom stereocenters. The van der Waals surface area contributed by atoms with Crippen LogP contribution in [0, 0.1) is 0 Å². The van der Waals surface area contributed by atoms with Gasteiger partial charge in [-0.05, 0) is 28.1 Å². The molecule has 2 N–H and O–H groups in total. The predicted molar refractivity (Wildman–Crippen MR) is 58.9 cm³/mol. The second-order valence-electron chi connectivity index (χ2n) is 2.66. The lowest BCUT2D eigenvalue weighted by Gasteiger charge is -2.04. The lowest BCUT2D eigenvalue weighted by Crippen LogP contribution is -1.91. The molecule has 0 saturated heterocycles. The summed E-state index contributed by atoms with van der Waals surface area (Å²) in [6.45, 7) is 0. The van der Waals surface area contributed by atoms with Crippen LogP contribution in [-0.4, -0.2) is 4.98 Å². The van der Waals surface area contributed by atoms with Crippen molar-refractivity contribution in [2.24, 2.45) is 0 Å². The largest absolute Gasteiger partial charge is 0.396 e. The summed E-state index contributed by atoms with van der Waals surface area (Å²) >= 11 is 9.24. The van der Waals surface area contributed by atoms with Gasteiger partial charge in [-0.1, -0.05) is 17.7 Å². The topological polar surface area (TPSA) is 38.9 Å². The third-order valence-corrected chi connectivity index (χ3v) is 3.20. The molecule has 66 valence electrons. The Kier molecular flexibility index (Phi) is 2.14. The van der Waals surface area contributed by atoms with Crippen LogP contribution in [0.15, 0.2) is 28.9 Å². The molecule has 0 saturated carbocycles. The number of nitrogens with zero attached hydrogens (tertiary/aromatic N) is 1. The number of rotatable bonds is 0. The Morgan fingerprint density at radius 2 is 2.23 bits per heavy atom. The zero-order valence-corrected chi connectivity index (χ0v) is 8.93. The molecule has 2 nitrogen and oxygen atoms in total. The highest BCUT2D eigenvalue weighted by molar-refractivity contribution is 9.10. The number of fused-ring (bicyclic) bond motifs is 1. The fourth-order valence-corrected chi connectivity index (χ4v) is 1.71. The van der Waals surface area contributed by atoms with E-state index in [0.29, 0.717) is 15.2 Å². The highest BCUT2D eigenvalue weighted by atomic mass is 79.9. The van der Waals surface area contributed by atoms with Crippen molar-refractivity contribution in [2.75, 3.05) is 5.73 Å². The van der Waals surface area contributed by atoms with Gasteiger partial charge in [-0.15, -0.1) is 0 Å². The first-order valence-electron chi connectivity index (χ1n) is 3.68. The summed E-state index contributed by atoms with van der Waals surface area (Å²) < 4.78 is 0.709. The maximum Gasteiger partial charge on any atom is 0.0943 e. The molecule has 0 aliphatic heterocycles. The second-order valence-corrected chi connectivity index (χ2v) is 3.86. The van der Waals surface area contributed by atoms with Crippen LogP contribution in [0.1, 0.15) is 0 Å². The number of hydrogen-bond donors (Lipinski definition) is 1. The van der Waals surface area contributed by atoms with E-state index in [1.807, 2.05) is 18.2 Å². The second kappa shape index (κ2) is 3.16. The molecule has 0 unspecified atom stereocenters. The number of nitrogens with two attached hydrogens (primary N) is 1. The molecule has 0 radical (unpaired) electrons. The molecule has 13 heavy (non-hydrogen) atoms. The van der Waals surface area contributed by atoms with Gasteiger partial charge in [0.15, 0.2) is 0 Å². The van der Waals surface area contributed by atoms with Crippen molar-refractivity contribution in [2.45, 2.75) is 0 Å². The number of hydrogen-bond acceptors (Lipinski definition) is 2. The van der Waals surface area contributed by atoms with Crippen LogP contribution in [-0.2, 0) is 0 Å². The van der Waals surface area contributed by atoms with E-state index in [0.717, 1.165) is 10.9 Å². The molecular weight excluding hydrogens is 251 g/mol. The highest BCUT2D eigenvalue weighted by Crippen LogP contribution is 2.33. The predicted octanol–water partition coefficient (Wildman–Crippen LogP) is 3.23. The maximum atomic E-state index is 5.94. The molecule has 0 aliphatic carbocycles. The zero-order chi connectivity index (χ0) is 9.42. The lowest BCUT2D eigenvalue weighted by molar-refractivity contribution is 1.41. The van der Waals surface area contributed by atoms with Gasteiger partial charge in [0, 0.05) is 11.6 Å². The molecule has 4 heteroatoms. The van der Waals surface area contributed by atoms with E-state index < -0.39 is 0 Å². The SMILES string of the molecule is Nc1c(Br)c(Cl)cc2cccnc12. The first-order valence-corrected chi connectivity index (χ1v) is 4.85. The third kappa shape index (κ3) is 1.38. The van der Waals surface area contributed by atoms with E-state index in [4.69, 9.17) is 17.3 Å². The third-order valence-electron chi connectivity index (χ3n) is 1.82. The summed E-state index contributed by atoms with van der Waals surface area (Å²) in [5.41, 5.74) is 7.19. The summed E-state index contributed by atoms with van der Waals surface area (Å²) in [6, 6.07) is 5.62. The summed E-state index contributed by atoms with van der Waals surface area (Å²) in [7, 11) is 0. The molecule has 1 heterocycles. The van der Waals surface area contributed by atoms with Crippen LogP contribution in [0.5, 0.6) is 0 Å². The standard InChI is InChI=1S/C9H6BrClN2/c10-7-6(11)4-5-2-1-3-13-9(5)8(7)12/h1-4H,12H2. The van der Waals surface area contributed by atoms with Crippen LogP contribution in [0.3, 0.4) is 0 Å². The fraction of sp³-hybridized carbons (Fsp3) is 0. The molecular formula is C9H6BrClN2. The van der Waals surface area contributed by atoms with E-state index in [9.17, 15) is 0 Å². The Morgan fingerprint density at radius 1 is 1.46 bits per heavy atom. The Balaban J connectivity index is 2.94. The molecule has 0 amide bonds. The van der Waals surface area contributed by atoms with Gasteiger partial charge in [0.05, 0.1) is 20.7 Å². The maximum absolute atomic E-state index is 5.94. The number of anilines is 1. The van der Waals surface area contributed by atoms with E-state index in [-0.39, 0.29) is 0 Å². The van der Waals surface area contributed by atoms with Gasteiger partial charge in [0.25, 0.3) is 0 Å². The first-order chi connectivity index (χ1) is 6.20. The first kappa shape index (κ1) is 8.78. The van der Waals surface area contributed by atoms with Crippen LogP contribution in [0.25, 0.3) is 10.9 Å². The van der Waals surface area contributed by atoms with Gasteiger partial charge in [-0.3, -0.25) is 4.98 Å². The summed E-state index contributed by atoms with van der Waals surface area (Å²) in [6.07, 6.45) is 1.71. The average Bonchev–Trinajstić information content (AvgIpc) is 2.15. The van der Waals surface area contributed by atoms with E-state index in [1.54, 1.807) is 6.20 Å². The average molecular weight is 258 g/mol. The zero-order valence-electron chi connectivity index (χ0n) is 6.59. The molecule has 2 aromatic rings. The number of pyridine rings is 1. The molecule has 0 spiro atoms. The highest BCUT2D eigenvalue weighted by Gasteiger charge is 2.07. The van der Waals surface area contributed by atoms with Crippen molar-refractivity contribution >= 4 is 44.1 Å². The monoisotopic (exact) mass is 256 g/mol. The van der Waals surface area contributed by atoms with Crippen molar-refractivity contribution in [1.29, 1.82) is 0 Å². The van der Waals surface area contributed by atoms with Crippen molar-refractivity contribution in [3.05, 3.63) is 33.9 Å². The van der Waals surface area contributed by atoms with Crippen molar-refractivity contribution in [3.63, 3.8) is 0 Å². The summed E-state index contributed by atoms with van der Waals surface area (Å²) in [4.78, 5) is 4.17. The van der Waals surface area contributed by atoms with Crippen LogP contribution >= 0.6 is 27.5 Å². The van der Waals surface area contributed by atoms with Gasteiger partial charge in [0.1, 0.15) is 0 Å². The van der Waals surface area contributed by atoms with Crippen molar-refractivity contribution in [3.8, 4) is 0 Å². The van der Waals surface area contributed by atoms with E-state index in [1.165, 1.54) is 0 Å². The smallest absolute Gasteiger partial charge is 0.0943 e. The quantitative estimate of drug-likeness (QED) is 0.736. The van der Waals surface area contributed by atoms with Gasteiger partial charge < -0.3 is 5.73 Å². The molecule has 0 bridgehead atoms. The van der Waals surface area contributed by atoms with Gasteiger partial charge in [-0.2, -0.15) is 0 Å². The van der Waals surface area contributed by atoms with Crippen LogP contribution in [0.2, 0.25) is 5.02 Å². The molecule has 2 rings (SSSR count). The molecule has 1 aromatic carbocycles. The van der Waals surface area contributed by atoms with Gasteiger partial charge in [-0.25, -0.2) is 0 Å². The number of benzene rings is 1. The molecule has 1 aromatic heterocycles. The normalized spacial score (nSPS) is 10.6. The van der Waals surface area contributed by atoms with Crippen LogP contribution in [0.4, 0.5) is 5.69 Å². The lowest BCUT2D eigenvalue weighted by atomic mass is 10.2. The minimum absolute atomic E-state index is 0.586. The Hall–Kier alpha value is -0.800. The van der Waals surface area contributed by atoms with Crippen LogP contribution < -0.4 is 5.73 Å². The van der Waals surface area contributed by atoms with Crippen molar-refractivity contribution < 1.29 is 0 Å². The Labute approximate surface area is 88.8 Å². The van der Waals surface area contributed by atoms with Crippen molar-refractivity contribution in [1.82, 2.24) is 4.98 Å². The fourth-order valence-electron chi connectivity index (χ4n) is 1.19. The molecule has 0 fully saturated rings. The van der Waals surface area contributed by atoms with E-state index in [2.05, 4.69) is 20.9 Å². The number of aromatic nitrogens is 1. The minimum Gasteiger partial charge on any atom is -0.396 e.